The Kier molecular flexibility index (Phi) is 2.28. The first kappa shape index (κ1) is 9.61. The van der Waals surface area contributed by atoms with Crippen LogP contribution in [0, 0.1) is 6.26 Å². The summed E-state index contributed by atoms with van der Waals surface area (Å²) in [6.45, 7) is 0. The van der Waals surface area contributed by atoms with Gasteiger partial charge in [-0.1, -0.05) is 18.2 Å². The fourth-order valence-corrected chi connectivity index (χ4v) is 2.76. The molecule has 3 nitrogen and oxygen atoms in total. The minimum atomic E-state index is -3.24. The van der Waals surface area contributed by atoms with Gasteiger partial charge in [-0.15, -0.1) is 0 Å². The van der Waals surface area contributed by atoms with Gasteiger partial charge in [-0.3, -0.25) is 0 Å². The lowest BCUT2D eigenvalue weighted by Crippen LogP contribution is -1.98. The number of hydrogen-bond donors (Lipinski definition) is 0. The summed E-state index contributed by atoms with van der Waals surface area (Å²) in [6, 6.07) is 7.57. The predicted molar refractivity (Wildman–Crippen MR) is 57.6 cm³/mol. The highest BCUT2D eigenvalue weighted by molar-refractivity contribution is 7.91. The number of hydrogen-bond acceptors (Lipinski definition) is 4. The molecule has 0 spiro atoms. The first-order chi connectivity index (χ1) is 6.56. The van der Waals surface area contributed by atoms with E-state index in [-0.39, 0.29) is 5.75 Å². The summed E-state index contributed by atoms with van der Waals surface area (Å²) in [5.41, 5.74) is 0.598. The third-order valence-corrected chi connectivity index (χ3v) is 3.39. The molecule has 0 aliphatic carbocycles. The summed E-state index contributed by atoms with van der Waals surface area (Å²) >= 11 is 1.31. The molecule has 2 aromatic rings. The van der Waals surface area contributed by atoms with E-state index >= 15 is 0 Å². The molecule has 0 saturated heterocycles. The fourth-order valence-electron chi connectivity index (χ4n) is 1.25. The number of benzene rings is 1. The topological polar surface area (TPSA) is 47.0 Å². The van der Waals surface area contributed by atoms with Crippen LogP contribution < -0.4 is 0 Å². The van der Waals surface area contributed by atoms with Crippen molar-refractivity contribution in [3.63, 3.8) is 0 Å². The van der Waals surface area contributed by atoms with Crippen LogP contribution in [0.1, 0.15) is 5.69 Å². The second kappa shape index (κ2) is 3.33. The number of nitrogens with zero attached hydrogens (tertiary/aromatic N) is 1. The van der Waals surface area contributed by atoms with Crippen LogP contribution in [-0.2, 0) is 15.6 Å². The molecule has 73 valence electrons. The van der Waals surface area contributed by atoms with E-state index < -0.39 is 9.84 Å². The largest absolute Gasteiger partial charge is 0.228 e. The lowest BCUT2D eigenvalue weighted by Gasteiger charge is -1.94. The van der Waals surface area contributed by atoms with Crippen LogP contribution in [0.15, 0.2) is 24.3 Å². The van der Waals surface area contributed by atoms with Gasteiger partial charge in [0.15, 0.2) is 9.84 Å². The summed E-state index contributed by atoms with van der Waals surface area (Å²) in [5.74, 6) is -0.0863. The fraction of sp³-hybridized carbons (Fsp3) is 0.111. The standard InChI is InChI=1S/C9H8NO2S2/c1-14(11,12)6-8-7-4-2-3-5-9(7)13-10-8/h2-5H,1,6H2. The van der Waals surface area contributed by atoms with Crippen LogP contribution in [0.3, 0.4) is 0 Å². The van der Waals surface area contributed by atoms with E-state index in [1.54, 1.807) is 0 Å². The van der Waals surface area contributed by atoms with Gasteiger partial charge in [0.25, 0.3) is 0 Å². The number of aromatic nitrogens is 1. The van der Waals surface area contributed by atoms with Crippen molar-refractivity contribution in [3.05, 3.63) is 36.2 Å². The second-order valence-corrected chi connectivity index (χ2v) is 5.59. The van der Waals surface area contributed by atoms with Gasteiger partial charge in [-0.05, 0) is 17.6 Å². The molecule has 0 atom stereocenters. The lowest BCUT2D eigenvalue weighted by atomic mass is 10.2. The average Bonchev–Trinajstić information content (AvgIpc) is 2.47. The first-order valence-corrected chi connectivity index (χ1v) is 6.55. The van der Waals surface area contributed by atoms with Crippen molar-refractivity contribution in [1.82, 2.24) is 4.37 Å². The van der Waals surface area contributed by atoms with Crippen molar-refractivity contribution >= 4 is 31.5 Å². The molecule has 5 heteroatoms. The summed E-state index contributed by atoms with van der Waals surface area (Å²) in [6.07, 6.45) is 3.09. The van der Waals surface area contributed by atoms with Gasteiger partial charge in [0.1, 0.15) is 0 Å². The Labute approximate surface area is 86.5 Å². The highest BCUT2D eigenvalue weighted by Gasteiger charge is 2.11. The van der Waals surface area contributed by atoms with Crippen LogP contribution in [0.4, 0.5) is 0 Å². The minimum absolute atomic E-state index is 0.0863. The smallest absolute Gasteiger partial charge is 0.157 e. The van der Waals surface area contributed by atoms with Crippen LogP contribution in [0.5, 0.6) is 0 Å². The highest BCUT2D eigenvalue weighted by Crippen LogP contribution is 2.23. The Hall–Kier alpha value is -0.940. The number of fused-ring (bicyclic) bond motifs is 1. The summed E-state index contributed by atoms with van der Waals surface area (Å²) in [7, 11) is -3.24. The van der Waals surface area contributed by atoms with Crippen molar-refractivity contribution in [3.8, 4) is 0 Å². The Morgan fingerprint density at radius 2 is 2.07 bits per heavy atom. The maximum atomic E-state index is 11.0. The van der Waals surface area contributed by atoms with E-state index in [0.717, 1.165) is 10.1 Å². The van der Waals surface area contributed by atoms with Gasteiger partial charge in [0, 0.05) is 5.39 Å². The van der Waals surface area contributed by atoms with Gasteiger partial charge in [-0.25, -0.2) is 8.42 Å². The normalized spacial score (nSPS) is 12.1. The van der Waals surface area contributed by atoms with E-state index in [2.05, 4.69) is 10.6 Å². The quantitative estimate of drug-likeness (QED) is 0.787. The predicted octanol–water partition coefficient (Wildman–Crippen LogP) is 2.00. The number of rotatable bonds is 2. The van der Waals surface area contributed by atoms with Gasteiger partial charge in [0.05, 0.1) is 22.4 Å². The SMILES string of the molecule is [CH2]S(=O)(=O)Cc1nsc2ccccc12. The van der Waals surface area contributed by atoms with Crippen LogP contribution in [0.2, 0.25) is 0 Å². The van der Waals surface area contributed by atoms with Gasteiger partial charge >= 0.3 is 0 Å². The van der Waals surface area contributed by atoms with E-state index in [9.17, 15) is 8.42 Å². The molecule has 0 aliphatic heterocycles. The molecule has 1 aromatic heterocycles. The van der Waals surface area contributed by atoms with Crippen LogP contribution >= 0.6 is 11.5 Å². The number of sulfone groups is 1. The van der Waals surface area contributed by atoms with E-state index in [1.807, 2.05) is 24.3 Å². The molecule has 0 N–H and O–H groups in total. The zero-order valence-electron chi connectivity index (χ0n) is 7.30. The van der Waals surface area contributed by atoms with Crippen molar-refractivity contribution < 1.29 is 8.42 Å². The van der Waals surface area contributed by atoms with Gasteiger partial charge in [0.2, 0.25) is 0 Å². The van der Waals surface area contributed by atoms with Crippen LogP contribution in [0.25, 0.3) is 10.1 Å². The molecule has 2 rings (SSSR count). The maximum absolute atomic E-state index is 11.0. The Morgan fingerprint density at radius 3 is 2.79 bits per heavy atom. The third-order valence-electron chi connectivity index (χ3n) is 1.81. The van der Waals surface area contributed by atoms with Crippen molar-refractivity contribution in [2.45, 2.75) is 5.75 Å². The molecule has 1 aromatic carbocycles. The van der Waals surface area contributed by atoms with E-state index in [0.29, 0.717) is 5.69 Å². The van der Waals surface area contributed by atoms with Crippen molar-refractivity contribution in [2.75, 3.05) is 0 Å². The van der Waals surface area contributed by atoms with E-state index in [1.165, 1.54) is 11.5 Å². The molecule has 0 amide bonds. The summed E-state index contributed by atoms with van der Waals surface area (Å²) in [4.78, 5) is 0. The van der Waals surface area contributed by atoms with Crippen molar-refractivity contribution in [1.29, 1.82) is 0 Å². The monoisotopic (exact) mass is 226 g/mol. The molecule has 1 radical (unpaired) electrons. The van der Waals surface area contributed by atoms with Crippen molar-refractivity contribution in [2.24, 2.45) is 0 Å². The molecule has 0 aliphatic rings. The molecule has 1 heterocycles. The molecule has 0 saturated carbocycles. The third kappa shape index (κ3) is 1.93. The average molecular weight is 226 g/mol. The zero-order chi connectivity index (χ0) is 10.2. The van der Waals surface area contributed by atoms with Crippen LogP contribution in [-0.4, -0.2) is 12.8 Å². The first-order valence-electron chi connectivity index (χ1n) is 3.95. The second-order valence-electron chi connectivity index (χ2n) is 3.01. The Morgan fingerprint density at radius 1 is 1.36 bits per heavy atom. The lowest BCUT2D eigenvalue weighted by molar-refractivity contribution is 0.603. The molecule has 0 bridgehead atoms. The summed E-state index contributed by atoms with van der Waals surface area (Å²) in [5, 5.41) is 0.907. The molecule has 0 fully saturated rings. The van der Waals surface area contributed by atoms with Gasteiger partial charge in [-0.2, -0.15) is 4.37 Å². The molecular formula is C9H8NO2S2. The Bertz CT molecular complexity index is 557. The van der Waals surface area contributed by atoms with E-state index in [4.69, 9.17) is 0 Å². The summed E-state index contributed by atoms with van der Waals surface area (Å²) < 4.78 is 27.1. The highest BCUT2D eigenvalue weighted by atomic mass is 32.2. The Balaban J connectivity index is 2.54. The zero-order valence-corrected chi connectivity index (χ0v) is 8.94. The molecular weight excluding hydrogens is 218 g/mol. The minimum Gasteiger partial charge on any atom is -0.228 e. The molecule has 0 unspecified atom stereocenters. The maximum Gasteiger partial charge on any atom is 0.157 e. The van der Waals surface area contributed by atoms with Gasteiger partial charge < -0.3 is 0 Å². The molecule has 14 heavy (non-hydrogen) atoms.